The number of alkyl halides is 6. The van der Waals surface area contributed by atoms with Gasteiger partial charge in [-0.15, -0.1) is 0 Å². The molecule has 0 amide bonds. The molecule has 0 saturated heterocycles. The summed E-state index contributed by atoms with van der Waals surface area (Å²) in [5, 5.41) is -2.54. The van der Waals surface area contributed by atoms with E-state index in [0.717, 1.165) is 13.8 Å². The summed E-state index contributed by atoms with van der Waals surface area (Å²) < 4.78 is 110. The van der Waals surface area contributed by atoms with Crippen molar-refractivity contribution in [3.8, 4) is 0 Å². The van der Waals surface area contributed by atoms with E-state index in [-0.39, 0.29) is 0 Å². The van der Waals surface area contributed by atoms with Crippen molar-refractivity contribution in [1.82, 2.24) is 0 Å². The minimum atomic E-state index is -5.25. The molecular formula is C10H18F6O6P2. The van der Waals surface area contributed by atoms with E-state index in [0.29, 0.717) is 0 Å². The monoisotopic (exact) mass is 410 g/mol. The fourth-order valence-electron chi connectivity index (χ4n) is 1.14. The van der Waals surface area contributed by atoms with Crippen LogP contribution in [0.3, 0.4) is 0 Å². The van der Waals surface area contributed by atoms with Crippen LogP contribution in [-0.2, 0) is 22.7 Å². The molecule has 0 fully saturated rings. The number of hydrogen-bond acceptors (Lipinski definition) is 5. The molecule has 0 aliphatic heterocycles. The predicted octanol–water partition coefficient (Wildman–Crippen LogP) is 4.68. The van der Waals surface area contributed by atoms with Gasteiger partial charge >= 0.3 is 27.5 Å². The van der Waals surface area contributed by atoms with E-state index in [9.17, 15) is 40.4 Å². The Balaban J connectivity index is 5.57. The fourth-order valence-corrected chi connectivity index (χ4v) is 4.07. The zero-order valence-corrected chi connectivity index (χ0v) is 14.9. The maximum atomic E-state index is 12.4. The van der Waals surface area contributed by atoms with E-state index in [4.69, 9.17) is 0 Å². The normalized spacial score (nSPS) is 17.2. The first kappa shape index (κ1) is 23.9. The van der Waals surface area contributed by atoms with Crippen LogP contribution in [-0.4, -0.2) is 41.5 Å². The van der Waals surface area contributed by atoms with Crippen molar-refractivity contribution in [3.05, 3.63) is 0 Å². The SMILES string of the molecule is CC(C)P(=O)(O)OC(C)(C)P(=O)(OCC(F)(F)F)OCC(F)(F)F. The second-order valence-corrected chi connectivity index (χ2v) is 10.4. The van der Waals surface area contributed by atoms with Crippen LogP contribution in [0.4, 0.5) is 26.3 Å². The molecule has 0 rings (SSSR count). The number of hydrogen-bond donors (Lipinski definition) is 1. The van der Waals surface area contributed by atoms with Crippen LogP contribution in [0.2, 0.25) is 0 Å². The highest BCUT2D eigenvalue weighted by Crippen LogP contribution is 2.66. The first-order valence-electron chi connectivity index (χ1n) is 6.37. The molecule has 0 aliphatic carbocycles. The fraction of sp³-hybridized carbons (Fsp3) is 1.00. The van der Waals surface area contributed by atoms with Gasteiger partial charge in [-0.1, -0.05) is 13.8 Å². The van der Waals surface area contributed by atoms with Crippen molar-refractivity contribution >= 4 is 15.2 Å². The third-order valence-corrected chi connectivity index (χ3v) is 6.98. The van der Waals surface area contributed by atoms with E-state index >= 15 is 0 Å². The van der Waals surface area contributed by atoms with Gasteiger partial charge in [0.05, 0.1) is 5.66 Å². The van der Waals surface area contributed by atoms with Gasteiger partial charge in [0.2, 0.25) is 0 Å². The Morgan fingerprint density at radius 3 is 1.50 bits per heavy atom. The first-order chi connectivity index (χ1) is 10.3. The van der Waals surface area contributed by atoms with Gasteiger partial charge in [0.1, 0.15) is 0 Å². The second kappa shape index (κ2) is 7.63. The number of rotatable bonds is 8. The molecule has 0 aromatic heterocycles. The molecule has 0 heterocycles. The Labute approximate surface area is 134 Å². The van der Waals surface area contributed by atoms with Gasteiger partial charge in [0, 0.05) is 0 Å². The highest BCUT2D eigenvalue weighted by Gasteiger charge is 2.52. The summed E-state index contributed by atoms with van der Waals surface area (Å²) in [5.41, 5.74) is -1.06. The lowest BCUT2D eigenvalue weighted by Crippen LogP contribution is -2.31. The summed E-state index contributed by atoms with van der Waals surface area (Å²) in [5.74, 6) is 0. The molecule has 14 heteroatoms. The Morgan fingerprint density at radius 2 is 1.25 bits per heavy atom. The van der Waals surface area contributed by atoms with E-state index in [1.165, 1.54) is 13.8 Å². The maximum absolute atomic E-state index is 12.4. The van der Waals surface area contributed by atoms with Crippen molar-refractivity contribution in [3.63, 3.8) is 0 Å². The lowest BCUT2D eigenvalue weighted by atomic mass is 10.5. The van der Waals surface area contributed by atoms with Crippen molar-refractivity contribution in [2.75, 3.05) is 13.2 Å². The Bertz CT molecular complexity index is 493. The molecule has 0 aromatic rings. The quantitative estimate of drug-likeness (QED) is 0.462. The molecule has 1 unspecified atom stereocenters. The van der Waals surface area contributed by atoms with Crippen LogP contribution in [0.15, 0.2) is 0 Å². The average molecular weight is 410 g/mol. The molecule has 1 atom stereocenters. The molecule has 0 spiro atoms. The molecule has 24 heavy (non-hydrogen) atoms. The summed E-state index contributed by atoms with van der Waals surface area (Å²) in [6, 6.07) is 0. The third-order valence-electron chi connectivity index (χ3n) is 2.46. The van der Waals surface area contributed by atoms with Crippen LogP contribution >= 0.6 is 15.2 Å². The van der Waals surface area contributed by atoms with Crippen molar-refractivity contribution in [2.24, 2.45) is 0 Å². The van der Waals surface area contributed by atoms with Crippen LogP contribution in [0.5, 0.6) is 0 Å². The van der Waals surface area contributed by atoms with Crippen LogP contribution in [0, 0.1) is 0 Å². The third kappa shape index (κ3) is 7.84. The molecule has 0 saturated carbocycles. The lowest BCUT2D eigenvalue weighted by Gasteiger charge is -2.35. The van der Waals surface area contributed by atoms with E-state index in [2.05, 4.69) is 13.6 Å². The van der Waals surface area contributed by atoms with Gasteiger partial charge in [0.25, 0.3) is 0 Å². The molecule has 0 radical (unpaired) electrons. The minimum Gasteiger partial charge on any atom is -0.324 e. The molecule has 1 N–H and O–H groups in total. The van der Waals surface area contributed by atoms with E-state index in [1.54, 1.807) is 0 Å². The van der Waals surface area contributed by atoms with Crippen LogP contribution < -0.4 is 0 Å². The van der Waals surface area contributed by atoms with Gasteiger partial charge in [-0.05, 0) is 13.8 Å². The van der Waals surface area contributed by atoms with Gasteiger partial charge < -0.3 is 4.89 Å². The topological polar surface area (TPSA) is 82.1 Å². The Hall–Kier alpha value is -0.120. The maximum Gasteiger partial charge on any atom is 0.412 e. The summed E-state index contributed by atoms with van der Waals surface area (Å²) in [4.78, 5) is 9.60. The van der Waals surface area contributed by atoms with Gasteiger partial charge in [0.15, 0.2) is 18.6 Å². The highest BCUT2D eigenvalue weighted by molar-refractivity contribution is 7.58. The molecule has 0 bridgehead atoms. The van der Waals surface area contributed by atoms with E-state index in [1.807, 2.05) is 0 Å². The number of halogens is 6. The van der Waals surface area contributed by atoms with Gasteiger partial charge in [-0.25, -0.2) is 0 Å². The van der Waals surface area contributed by atoms with Crippen molar-refractivity contribution < 1.29 is 53.9 Å². The van der Waals surface area contributed by atoms with Crippen LogP contribution in [0.1, 0.15) is 27.7 Å². The molecule has 146 valence electrons. The molecule has 6 nitrogen and oxygen atoms in total. The van der Waals surface area contributed by atoms with Gasteiger partial charge in [-0.3, -0.25) is 22.7 Å². The van der Waals surface area contributed by atoms with Crippen molar-refractivity contribution in [1.29, 1.82) is 0 Å². The standard InChI is InChI=1S/C10H18F6O6P2/c1-7(2)23(17,18)22-8(3,4)24(19,20-5-9(11,12)13)21-6-10(14,15)16/h7H,5-6H2,1-4H3,(H,17,18). The highest BCUT2D eigenvalue weighted by atomic mass is 31.2. The average Bonchev–Trinajstić information content (AvgIpc) is 2.30. The second-order valence-electron chi connectivity index (χ2n) is 5.47. The molecule has 0 aromatic carbocycles. The predicted molar refractivity (Wildman–Crippen MR) is 71.7 cm³/mol. The molecule has 0 aliphatic rings. The minimum absolute atomic E-state index is 0.742. The summed E-state index contributed by atoms with van der Waals surface area (Å²) in [6.07, 6.45) is -10.0. The van der Waals surface area contributed by atoms with E-state index < -0.39 is 51.8 Å². The smallest absolute Gasteiger partial charge is 0.324 e. The summed E-state index contributed by atoms with van der Waals surface area (Å²) >= 11 is 0. The summed E-state index contributed by atoms with van der Waals surface area (Å²) in [7, 11) is -9.75. The Morgan fingerprint density at radius 1 is 0.917 bits per heavy atom. The van der Waals surface area contributed by atoms with Crippen LogP contribution in [0.25, 0.3) is 0 Å². The Kier molecular flexibility index (Phi) is 7.60. The first-order valence-corrected chi connectivity index (χ1v) is 9.56. The lowest BCUT2D eigenvalue weighted by molar-refractivity contribution is -0.167. The van der Waals surface area contributed by atoms with Gasteiger partial charge in [-0.2, -0.15) is 26.3 Å². The zero-order chi connectivity index (χ0) is 19.6. The summed E-state index contributed by atoms with van der Waals surface area (Å²) in [6.45, 7) is -0.458. The van der Waals surface area contributed by atoms with Crippen molar-refractivity contribution in [2.45, 2.75) is 51.0 Å². The largest absolute Gasteiger partial charge is 0.412 e. The molecular weight excluding hydrogens is 392 g/mol. The zero-order valence-electron chi connectivity index (χ0n) is 13.1.